The number of hydrogen-bond donors (Lipinski definition) is 0. The van der Waals surface area contributed by atoms with Gasteiger partial charge in [-0.3, -0.25) is 0 Å². The van der Waals surface area contributed by atoms with Crippen molar-refractivity contribution in [1.82, 2.24) is 0 Å². The second kappa shape index (κ2) is 12.1. The maximum Gasteiger partial charge on any atom is 0.513 e. The molecule has 0 bridgehead atoms. The number of hydrogen-bond acceptors (Lipinski definition) is 3. The van der Waals surface area contributed by atoms with Gasteiger partial charge >= 0.3 is 6.16 Å². The van der Waals surface area contributed by atoms with Gasteiger partial charge in [0.25, 0.3) is 0 Å². The second-order valence-corrected chi connectivity index (χ2v) is 6.56. The van der Waals surface area contributed by atoms with Crippen molar-refractivity contribution in [3.63, 3.8) is 0 Å². The summed E-state index contributed by atoms with van der Waals surface area (Å²) in [5.41, 5.74) is 2.42. The molecule has 0 saturated carbocycles. The summed E-state index contributed by atoms with van der Waals surface area (Å²) in [6.45, 7) is 2.59. The lowest BCUT2D eigenvalue weighted by Crippen LogP contribution is -2.12. The van der Waals surface area contributed by atoms with Crippen LogP contribution in [0.2, 0.25) is 0 Å². The molecule has 3 heteroatoms. The molecule has 3 nitrogen and oxygen atoms in total. The summed E-state index contributed by atoms with van der Waals surface area (Å²) in [4.78, 5) is 11.9. The molecule has 0 heterocycles. The van der Waals surface area contributed by atoms with Gasteiger partial charge in [0.1, 0.15) is 5.75 Å². The zero-order chi connectivity index (χ0) is 18.5. The molecule has 0 amide bonds. The van der Waals surface area contributed by atoms with Crippen LogP contribution in [0.25, 0.3) is 0 Å². The molecule has 0 fully saturated rings. The van der Waals surface area contributed by atoms with Crippen LogP contribution in [-0.4, -0.2) is 12.8 Å². The maximum absolute atomic E-state index is 11.9. The van der Waals surface area contributed by atoms with Crippen LogP contribution in [0.15, 0.2) is 54.6 Å². The zero-order valence-corrected chi connectivity index (χ0v) is 15.8. The quantitative estimate of drug-likeness (QED) is 0.268. The normalized spacial score (nSPS) is 10.5. The standard InChI is InChI=1S/C23H30O3/c1-2-3-6-16-21-17-10-11-18-22(21)26-23(24)25-19-12-5-9-15-20-13-7-4-8-14-20/h4,7-8,10-11,13-14,17-18H,2-3,5-6,9,12,15-16,19H2,1H3. The van der Waals surface area contributed by atoms with Crippen molar-refractivity contribution in [3.8, 4) is 5.75 Å². The SMILES string of the molecule is CCCCCc1ccccc1OC(=O)OCCCCCc1ccccc1. The van der Waals surface area contributed by atoms with E-state index in [9.17, 15) is 4.79 Å². The van der Waals surface area contributed by atoms with Crippen LogP contribution in [0, 0.1) is 0 Å². The van der Waals surface area contributed by atoms with Gasteiger partial charge in [0.2, 0.25) is 0 Å². The van der Waals surface area contributed by atoms with Crippen molar-refractivity contribution in [2.24, 2.45) is 0 Å². The number of unbranched alkanes of at least 4 members (excludes halogenated alkanes) is 4. The molecule has 0 N–H and O–H groups in total. The van der Waals surface area contributed by atoms with Gasteiger partial charge in [-0.15, -0.1) is 0 Å². The molecule has 0 unspecified atom stereocenters. The highest BCUT2D eigenvalue weighted by atomic mass is 16.7. The first-order valence-electron chi connectivity index (χ1n) is 9.76. The molecule has 2 aromatic rings. The fraction of sp³-hybridized carbons (Fsp3) is 0.435. The molecular weight excluding hydrogens is 324 g/mol. The number of carbonyl (C=O) groups is 1. The van der Waals surface area contributed by atoms with Gasteiger partial charge in [-0.1, -0.05) is 68.3 Å². The number of ether oxygens (including phenoxy) is 2. The summed E-state index contributed by atoms with van der Waals surface area (Å²) >= 11 is 0. The van der Waals surface area contributed by atoms with Crippen LogP contribution in [0.3, 0.4) is 0 Å². The van der Waals surface area contributed by atoms with Crippen molar-refractivity contribution < 1.29 is 14.3 Å². The molecule has 0 aliphatic heterocycles. The van der Waals surface area contributed by atoms with Gasteiger partial charge in [-0.2, -0.15) is 0 Å². The number of rotatable bonds is 11. The lowest BCUT2D eigenvalue weighted by atomic mass is 10.1. The summed E-state index contributed by atoms with van der Waals surface area (Å²) in [5.74, 6) is 0.623. The fourth-order valence-electron chi connectivity index (χ4n) is 2.90. The molecule has 2 aromatic carbocycles. The van der Waals surface area contributed by atoms with Gasteiger partial charge in [-0.25, -0.2) is 4.79 Å². The van der Waals surface area contributed by atoms with Crippen LogP contribution in [0.5, 0.6) is 5.75 Å². The topological polar surface area (TPSA) is 35.5 Å². The van der Waals surface area contributed by atoms with Crippen LogP contribution >= 0.6 is 0 Å². The van der Waals surface area contributed by atoms with E-state index in [4.69, 9.17) is 9.47 Å². The first kappa shape index (κ1) is 20.0. The molecule has 0 aliphatic carbocycles. The van der Waals surface area contributed by atoms with Gasteiger partial charge in [0.15, 0.2) is 0 Å². The van der Waals surface area contributed by atoms with Crippen LogP contribution in [-0.2, 0) is 17.6 Å². The van der Waals surface area contributed by atoms with Crippen molar-refractivity contribution in [2.75, 3.05) is 6.61 Å². The van der Waals surface area contributed by atoms with Crippen molar-refractivity contribution >= 4 is 6.16 Å². The van der Waals surface area contributed by atoms with Crippen molar-refractivity contribution in [2.45, 2.75) is 58.3 Å². The molecule has 2 rings (SSSR count). The third-order valence-electron chi connectivity index (χ3n) is 4.39. The predicted octanol–water partition coefficient (Wildman–Crippen LogP) is 6.35. The van der Waals surface area contributed by atoms with Crippen LogP contribution in [0.1, 0.15) is 56.6 Å². The molecule has 0 aliphatic rings. The number of para-hydroxylation sites is 1. The van der Waals surface area contributed by atoms with Gasteiger partial charge in [0, 0.05) is 0 Å². The van der Waals surface area contributed by atoms with E-state index in [-0.39, 0.29) is 0 Å². The van der Waals surface area contributed by atoms with E-state index in [1.165, 1.54) is 18.4 Å². The van der Waals surface area contributed by atoms with E-state index in [0.717, 1.165) is 44.1 Å². The molecule has 140 valence electrons. The monoisotopic (exact) mass is 354 g/mol. The van der Waals surface area contributed by atoms with Crippen molar-refractivity contribution in [3.05, 3.63) is 65.7 Å². The van der Waals surface area contributed by atoms with Gasteiger partial charge in [0.05, 0.1) is 6.61 Å². The maximum atomic E-state index is 11.9. The zero-order valence-electron chi connectivity index (χ0n) is 15.8. The Labute approximate surface area is 157 Å². The second-order valence-electron chi connectivity index (χ2n) is 6.56. The highest BCUT2D eigenvalue weighted by molar-refractivity contribution is 5.64. The summed E-state index contributed by atoms with van der Waals surface area (Å²) in [7, 11) is 0. The van der Waals surface area contributed by atoms with E-state index >= 15 is 0 Å². The van der Waals surface area contributed by atoms with Crippen LogP contribution < -0.4 is 4.74 Å². The first-order valence-corrected chi connectivity index (χ1v) is 9.76. The Balaban J connectivity index is 1.63. The third-order valence-corrected chi connectivity index (χ3v) is 4.39. The predicted molar refractivity (Wildman–Crippen MR) is 106 cm³/mol. The van der Waals surface area contributed by atoms with E-state index in [2.05, 4.69) is 31.2 Å². The van der Waals surface area contributed by atoms with Crippen molar-refractivity contribution in [1.29, 1.82) is 0 Å². The lowest BCUT2D eigenvalue weighted by Gasteiger charge is -2.10. The van der Waals surface area contributed by atoms with Crippen LogP contribution in [0.4, 0.5) is 4.79 Å². The van der Waals surface area contributed by atoms with Gasteiger partial charge in [-0.05, 0) is 55.7 Å². The first-order chi connectivity index (χ1) is 12.8. The summed E-state index contributed by atoms with van der Waals surface area (Å²) in [5, 5.41) is 0. The molecule has 0 radical (unpaired) electrons. The molecule has 0 aromatic heterocycles. The molecule has 0 atom stereocenters. The summed E-state index contributed by atoms with van der Waals surface area (Å²) in [6.07, 6.45) is 7.85. The minimum absolute atomic E-state index is 0.408. The molecular formula is C23H30O3. The Morgan fingerprint density at radius 2 is 1.54 bits per heavy atom. The average molecular weight is 354 g/mol. The highest BCUT2D eigenvalue weighted by Crippen LogP contribution is 2.21. The highest BCUT2D eigenvalue weighted by Gasteiger charge is 2.09. The number of carbonyl (C=O) groups excluding carboxylic acids is 1. The minimum atomic E-state index is -0.601. The van der Waals surface area contributed by atoms with E-state index in [1.807, 2.05) is 30.3 Å². The minimum Gasteiger partial charge on any atom is -0.434 e. The Morgan fingerprint density at radius 3 is 2.35 bits per heavy atom. The Bertz CT molecular complexity index is 637. The Hall–Kier alpha value is -2.29. The van der Waals surface area contributed by atoms with Gasteiger partial charge < -0.3 is 9.47 Å². The smallest absolute Gasteiger partial charge is 0.434 e. The fourth-order valence-corrected chi connectivity index (χ4v) is 2.90. The Morgan fingerprint density at radius 1 is 0.808 bits per heavy atom. The average Bonchev–Trinajstić information content (AvgIpc) is 2.67. The van der Waals surface area contributed by atoms with E-state index in [1.54, 1.807) is 0 Å². The number of aryl methyl sites for hydroxylation is 2. The third kappa shape index (κ3) is 7.73. The lowest BCUT2D eigenvalue weighted by molar-refractivity contribution is 0.0970. The van der Waals surface area contributed by atoms with E-state index < -0.39 is 6.16 Å². The van der Waals surface area contributed by atoms with E-state index in [0.29, 0.717) is 12.4 Å². The Kier molecular flexibility index (Phi) is 9.34. The molecule has 26 heavy (non-hydrogen) atoms. The largest absolute Gasteiger partial charge is 0.513 e. The summed E-state index contributed by atoms with van der Waals surface area (Å²) < 4.78 is 10.6. The number of benzene rings is 2. The molecule has 0 saturated heterocycles. The summed E-state index contributed by atoms with van der Waals surface area (Å²) in [6, 6.07) is 18.2. The molecule has 0 spiro atoms.